The average molecular weight is 291 g/mol. The number of fused-ring (bicyclic) bond motifs is 1. The highest BCUT2D eigenvalue weighted by molar-refractivity contribution is 5.49. The predicted octanol–water partition coefficient (Wildman–Crippen LogP) is 2.85. The summed E-state index contributed by atoms with van der Waals surface area (Å²) in [5, 5.41) is 3.50. The van der Waals surface area contributed by atoms with E-state index in [0.29, 0.717) is 12.6 Å². The first kappa shape index (κ1) is 14.7. The number of hydrogen-bond acceptors (Lipinski definition) is 4. The van der Waals surface area contributed by atoms with E-state index in [2.05, 4.69) is 38.2 Å². The van der Waals surface area contributed by atoms with Gasteiger partial charge in [-0.2, -0.15) is 0 Å². The molecule has 3 rings (SSSR count). The number of nitrogens with one attached hydrogen (secondary N) is 1. The molecule has 0 amide bonds. The zero-order valence-electron chi connectivity index (χ0n) is 13.3. The van der Waals surface area contributed by atoms with E-state index in [4.69, 9.17) is 14.2 Å². The maximum Gasteiger partial charge on any atom is 0.125 e. The molecule has 2 heterocycles. The Balaban J connectivity index is 1.91. The lowest BCUT2D eigenvalue weighted by Gasteiger charge is -2.34. The largest absolute Gasteiger partial charge is 0.493 e. The van der Waals surface area contributed by atoms with Crippen molar-refractivity contribution in [3.05, 3.63) is 23.3 Å². The molecule has 1 N–H and O–H groups in total. The highest BCUT2D eigenvalue weighted by Crippen LogP contribution is 2.39. The molecule has 4 atom stereocenters. The third kappa shape index (κ3) is 2.87. The second-order valence-electron chi connectivity index (χ2n) is 6.09. The summed E-state index contributed by atoms with van der Waals surface area (Å²) in [6.45, 7) is 9.84. The van der Waals surface area contributed by atoms with Crippen LogP contribution in [0.3, 0.4) is 0 Å². The highest BCUT2D eigenvalue weighted by Gasteiger charge is 2.30. The van der Waals surface area contributed by atoms with E-state index in [1.807, 2.05) is 6.92 Å². The molecule has 2 aliphatic heterocycles. The number of rotatable bonds is 3. The van der Waals surface area contributed by atoms with E-state index in [9.17, 15) is 0 Å². The van der Waals surface area contributed by atoms with Crippen molar-refractivity contribution < 1.29 is 14.2 Å². The van der Waals surface area contributed by atoms with Crippen LogP contribution >= 0.6 is 0 Å². The normalized spacial score (nSPS) is 31.6. The van der Waals surface area contributed by atoms with Crippen molar-refractivity contribution in [1.29, 1.82) is 0 Å². The van der Waals surface area contributed by atoms with Gasteiger partial charge in [-0.1, -0.05) is 0 Å². The first-order valence-corrected chi connectivity index (χ1v) is 7.93. The van der Waals surface area contributed by atoms with Gasteiger partial charge in [0, 0.05) is 30.1 Å². The van der Waals surface area contributed by atoms with Gasteiger partial charge in [-0.3, -0.25) is 0 Å². The smallest absolute Gasteiger partial charge is 0.125 e. The van der Waals surface area contributed by atoms with Crippen molar-refractivity contribution in [1.82, 2.24) is 5.32 Å². The average Bonchev–Trinajstić information content (AvgIpc) is 2.80. The Labute approximate surface area is 126 Å². The Morgan fingerprint density at radius 2 is 2.10 bits per heavy atom. The molecular formula is C17H25NO3. The van der Waals surface area contributed by atoms with Crippen LogP contribution in [0.15, 0.2) is 12.1 Å². The molecule has 0 spiro atoms. The molecule has 4 unspecified atom stereocenters. The zero-order chi connectivity index (χ0) is 15.0. The van der Waals surface area contributed by atoms with Crippen molar-refractivity contribution in [3.8, 4) is 11.5 Å². The molecule has 0 aromatic heterocycles. The fraction of sp³-hybridized carbons (Fsp3) is 0.647. The van der Waals surface area contributed by atoms with Crippen LogP contribution in [0.5, 0.6) is 11.5 Å². The van der Waals surface area contributed by atoms with Crippen molar-refractivity contribution in [2.45, 2.75) is 58.5 Å². The van der Waals surface area contributed by atoms with Gasteiger partial charge in [0.05, 0.1) is 18.8 Å². The Hall–Kier alpha value is -1.26. The van der Waals surface area contributed by atoms with E-state index in [1.165, 1.54) is 5.56 Å². The van der Waals surface area contributed by atoms with Crippen LogP contribution in [0.25, 0.3) is 0 Å². The molecule has 0 aliphatic carbocycles. The molecular weight excluding hydrogens is 266 g/mol. The molecule has 2 aliphatic rings. The fourth-order valence-corrected chi connectivity index (χ4v) is 3.05. The summed E-state index contributed by atoms with van der Waals surface area (Å²) in [5.41, 5.74) is 2.33. The lowest BCUT2D eigenvalue weighted by atomic mass is 10.0. The molecule has 1 aromatic rings. The van der Waals surface area contributed by atoms with Crippen LogP contribution in [0.2, 0.25) is 0 Å². The first-order valence-electron chi connectivity index (χ1n) is 7.93. The van der Waals surface area contributed by atoms with E-state index in [0.717, 1.165) is 30.0 Å². The maximum absolute atomic E-state index is 6.16. The minimum Gasteiger partial charge on any atom is -0.493 e. The summed E-state index contributed by atoms with van der Waals surface area (Å²) in [4.78, 5) is 0. The van der Waals surface area contributed by atoms with E-state index >= 15 is 0 Å². The summed E-state index contributed by atoms with van der Waals surface area (Å²) in [6, 6.07) is 4.62. The van der Waals surface area contributed by atoms with Crippen LogP contribution < -0.4 is 14.8 Å². The summed E-state index contributed by atoms with van der Waals surface area (Å²) >= 11 is 0. The summed E-state index contributed by atoms with van der Waals surface area (Å²) in [5.74, 6) is 1.92. The van der Waals surface area contributed by atoms with Gasteiger partial charge in [0.15, 0.2) is 0 Å². The summed E-state index contributed by atoms with van der Waals surface area (Å²) in [7, 11) is 0. The van der Waals surface area contributed by atoms with E-state index in [-0.39, 0.29) is 18.3 Å². The van der Waals surface area contributed by atoms with Gasteiger partial charge < -0.3 is 19.5 Å². The van der Waals surface area contributed by atoms with Crippen molar-refractivity contribution >= 4 is 0 Å². The fourth-order valence-electron chi connectivity index (χ4n) is 3.05. The monoisotopic (exact) mass is 291 g/mol. The number of morpholine rings is 1. The minimum atomic E-state index is 0.0163. The molecule has 1 fully saturated rings. The maximum atomic E-state index is 6.16. The third-order valence-electron chi connectivity index (χ3n) is 4.38. The number of hydrogen-bond donors (Lipinski definition) is 1. The lowest BCUT2D eigenvalue weighted by Crippen LogP contribution is -2.46. The molecule has 0 bridgehead atoms. The minimum absolute atomic E-state index is 0.0163. The highest BCUT2D eigenvalue weighted by atomic mass is 16.5. The van der Waals surface area contributed by atoms with Crippen LogP contribution in [-0.4, -0.2) is 31.4 Å². The first-order chi connectivity index (χ1) is 10.1. The van der Waals surface area contributed by atoms with Gasteiger partial charge in [-0.15, -0.1) is 0 Å². The summed E-state index contributed by atoms with van der Waals surface area (Å²) < 4.78 is 17.9. The molecule has 0 saturated carbocycles. The Bertz CT molecular complexity index is 517. The Kier molecular flexibility index (Phi) is 4.09. The van der Waals surface area contributed by atoms with Gasteiger partial charge in [-0.25, -0.2) is 0 Å². The standard InChI is InChI=1S/C17H25NO3/c1-5-19-16-7-13-6-10(2)20-15(13)8-14(16)17-9-18-11(3)12(4)21-17/h7-8,10-12,17-18H,5-6,9H2,1-4H3. The molecule has 0 radical (unpaired) electrons. The predicted molar refractivity (Wildman–Crippen MR) is 82.2 cm³/mol. The quantitative estimate of drug-likeness (QED) is 0.929. The van der Waals surface area contributed by atoms with Crippen molar-refractivity contribution in [3.63, 3.8) is 0 Å². The molecule has 1 aromatic carbocycles. The van der Waals surface area contributed by atoms with E-state index in [1.54, 1.807) is 0 Å². The Morgan fingerprint density at radius 1 is 1.29 bits per heavy atom. The topological polar surface area (TPSA) is 39.7 Å². The van der Waals surface area contributed by atoms with Gasteiger partial charge in [0.2, 0.25) is 0 Å². The van der Waals surface area contributed by atoms with Crippen molar-refractivity contribution in [2.75, 3.05) is 13.2 Å². The molecule has 116 valence electrons. The van der Waals surface area contributed by atoms with E-state index < -0.39 is 0 Å². The van der Waals surface area contributed by atoms with Crippen LogP contribution in [0, 0.1) is 0 Å². The molecule has 4 nitrogen and oxygen atoms in total. The van der Waals surface area contributed by atoms with Crippen molar-refractivity contribution in [2.24, 2.45) is 0 Å². The third-order valence-corrected chi connectivity index (χ3v) is 4.38. The van der Waals surface area contributed by atoms with Crippen LogP contribution in [0.1, 0.15) is 44.9 Å². The van der Waals surface area contributed by atoms with Gasteiger partial charge in [-0.05, 0) is 39.8 Å². The lowest BCUT2D eigenvalue weighted by molar-refractivity contribution is -0.0519. The zero-order valence-corrected chi connectivity index (χ0v) is 13.3. The molecule has 1 saturated heterocycles. The van der Waals surface area contributed by atoms with Crippen LogP contribution in [0.4, 0.5) is 0 Å². The molecule has 4 heteroatoms. The second-order valence-corrected chi connectivity index (χ2v) is 6.09. The van der Waals surface area contributed by atoms with Gasteiger partial charge >= 0.3 is 0 Å². The summed E-state index contributed by atoms with van der Waals surface area (Å²) in [6.07, 6.45) is 1.40. The van der Waals surface area contributed by atoms with Crippen LogP contribution in [-0.2, 0) is 11.2 Å². The Morgan fingerprint density at radius 3 is 2.81 bits per heavy atom. The van der Waals surface area contributed by atoms with Gasteiger partial charge in [0.25, 0.3) is 0 Å². The second kappa shape index (κ2) is 5.85. The SMILES string of the molecule is CCOc1cc2c(cc1C1CNC(C)C(C)O1)OC(C)C2. The molecule has 21 heavy (non-hydrogen) atoms. The van der Waals surface area contributed by atoms with Gasteiger partial charge in [0.1, 0.15) is 17.6 Å². The number of ether oxygens (including phenoxy) is 3. The number of benzene rings is 1.